The van der Waals surface area contributed by atoms with Gasteiger partial charge in [0.05, 0.1) is 0 Å². The maximum absolute atomic E-state index is 11.6. The first kappa shape index (κ1) is 14.2. The number of amides is 1. The van der Waals surface area contributed by atoms with E-state index >= 15 is 0 Å². The van der Waals surface area contributed by atoms with E-state index in [-0.39, 0.29) is 0 Å². The van der Waals surface area contributed by atoms with Gasteiger partial charge in [-0.25, -0.2) is 5.48 Å². The molecule has 1 amide bonds. The SMILES string of the molecule is Cn1cc(Cc2ccc(N)cc2)c2cc(C(=O)NO)ccc21. The van der Waals surface area contributed by atoms with Gasteiger partial charge >= 0.3 is 0 Å². The van der Waals surface area contributed by atoms with Crippen LogP contribution in [0.2, 0.25) is 0 Å². The van der Waals surface area contributed by atoms with Crippen LogP contribution in [0.5, 0.6) is 0 Å². The standard InChI is InChI=1S/C17H17N3O2/c1-20-10-13(8-11-2-5-14(18)6-3-11)15-9-12(17(21)19-22)4-7-16(15)20/h2-7,9-10,22H,8,18H2,1H3,(H,19,21). The molecule has 0 fully saturated rings. The summed E-state index contributed by atoms with van der Waals surface area (Å²) in [7, 11) is 1.97. The molecule has 5 nitrogen and oxygen atoms in total. The summed E-state index contributed by atoms with van der Waals surface area (Å²) >= 11 is 0. The van der Waals surface area contributed by atoms with Crippen LogP contribution < -0.4 is 11.2 Å². The van der Waals surface area contributed by atoms with E-state index < -0.39 is 5.91 Å². The fraction of sp³-hybridized carbons (Fsp3) is 0.118. The molecular formula is C17H17N3O2. The third-order valence-corrected chi connectivity index (χ3v) is 3.81. The van der Waals surface area contributed by atoms with E-state index in [1.165, 1.54) is 0 Å². The molecule has 112 valence electrons. The second-order valence-electron chi connectivity index (χ2n) is 5.36. The third kappa shape index (κ3) is 2.54. The lowest BCUT2D eigenvalue weighted by molar-refractivity contribution is 0.0706. The van der Waals surface area contributed by atoms with Gasteiger partial charge in [-0.1, -0.05) is 12.1 Å². The Morgan fingerprint density at radius 2 is 1.95 bits per heavy atom. The zero-order valence-electron chi connectivity index (χ0n) is 12.2. The molecule has 0 unspecified atom stereocenters. The summed E-state index contributed by atoms with van der Waals surface area (Å²) in [5.74, 6) is -0.510. The summed E-state index contributed by atoms with van der Waals surface area (Å²) < 4.78 is 2.03. The first-order valence-electron chi connectivity index (χ1n) is 6.95. The molecule has 1 aromatic heterocycles. The molecule has 3 aromatic rings. The molecule has 4 N–H and O–H groups in total. The minimum atomic E-state index is -0.510. The van der Waals surface area contributed by atoms with Crippen LogP contribution in [0.15, 0.2) is 48.7 Å². The fourth-order valence-corrected chi connectivity index (χ4v) is 2.68. The van der Waals surface area contributed by atoms with Crippen molar-refractivity contribution >= 4 is 22.5 Å². The maximum Gasteiger partial charge on any atom is 0.274 e. The highest BCUT2D eigenvalue weighted by atomic mass is 16.5. The van der Waals surface area contributed by atoms with Gasteiger partial charge in [-0.15, -0.1) is 0 Å². The molecule has 0 aliphatic carbocycles. The number of carbonyl (C=O) groups is 1. The van der Waals surface area contributed by atoms with Crippen LogP contribution in [0, 0.1) is 0 Å². The number of carbonyl (C=O) groups excluding carboxylic acids is 1. The van der Waals surface area contributed by atoms with E-state index in [1.54, 1.807) is 17.6 Å². The van der Waals surface area contributed by atoms with E-state index in [4.69, 9.17) is 10.9 Å². The van der Waals surface area contributed by atoms with Gasteiger partial charge in [0.1, 0.15) is 0 Å². The monoisotopic (exact) mass is 295 g/mol. The molecule has 0 bridgehead atoms. The van der Waals surface area contributed by atoms with Crippen LogP contribution in [0.3, 0.4) is 0 Å². The molecule has 0 radical (unpaired) electrons. The van der Waals surface area contributed by atoms with Gasteiger partial charge < -0.3 is 10.3 Å². The molecule has 2 aromatic carbocycles. The molecule has 0 atom stereocenters. The summed E-state index contributed by atoms with van der Waals surface area (Å²) in [5, 5.41) is 9.78. The Morgan fingerprint density at radius 1 is 1.23 bits per heavy atom. The molecule has 0 aliphatic rings. The van der Waals surface area contributed by atoms with Crippen molar-refractivity contribution in [1.29, 1.82) is 0 Å². The molecule has 0 spiro atoms. The second kappa shape index (κ2) is 5.54. The average molecular weight is 295 g/mol. The summed E-state index contributed by atoms with van der Waals surface area (Å²) in [4.78, 5) is 11.6. The van der Waals surface area contributed by atoms with Crippen LogP contribution in [-0.2, 0) is 13.5 Å². The quantitative estimate of drug-likeness (QED) is 0.394. The van der Waals surface area contributed by atoms with Crippen molar-refractivity contribution in [2.24, 2.45) is 7.05 Å². The molecule has 1 heterocycles. The average Bonchev–Trinajstić information content (AvgIpc) is 2.84. The lowest BCUT2D eigenvalue weighted by atomic mass is 10.0. The molecule has 3 rings (SSSR count). The molecule has 22 heavy (non-hydrogen) atoms. The van der Waals surface area contributed by atoms with Crippen molar-refractivity contribution in [1.82, 2.24) is 10.0 Å². The number of nitrogens with one attached hydrogen (secondary N) is 1. The van der Waals surface area contributed by atoms with Crippen molar-refractivity contribution < 1.29 is 10.0 Å². The van der Waals surface area contributed by atoms with Crippen molar-refractivity contribution in [2.75, 3.05) is 5.73 Å². The van der Waals surface area contributed by atoms with Gasteiger partial charge in [0.2, 0.25) is 0 Å². The normalized spacial score (nSPS) is 10.8. The van der Waals surface area contributed by atoms with Gasteiger partial charge in [-0.2, -0.15) is 0 Å². The van der Waals surface area contributed by atoms with Gasteiger partial charge in [0, 0.05) is 35.4 Å². The minimum Gasteiger partial charge on any atom is -0.399 e. The van der Waals surface area contributed by atoms with Crippen molar-refractivity contribution in [2.45, 2.75) is 6.42 Å². The smallest absolute Gasteiger partial charge is 0.274 e. The number of aryl methyl sites for hydroxylation is 1. The van der Waals surface area contributed by atoms with Gasteiger partial charge in [-0.3, -0.25) is 10.0 Å². The molecular weight excluding hydrogens is 278 g/mol. The highest BCUT2D eigenvalue weighted by Gasteiger charge is 2.11. The zero-order valence-corrected chi connectivity index (χ0v) is 12.2. The number of nitrogens with two attached hydrogens (primary N) is 1. The first-order chi connectivity index (χ1) is 10.6. The number of rotatable bonds is 3. The predicted octanol–water partition coefficient (Wildman–Crippen LogP) is 2.47. The minimum absolute atomic E-state index is 0.430. The molecule has 0 aliphatic heterocycles. The Balaban J connectivity index is 2.04. The van der Waals surface area contributed by atoms with Crippen LogP contribution in [0.4, 0.5) is 5.69 Å². The number of nitrogen functional groups attached to an aromatic ring is 1. The largest absolute Gasteiger partial charge is 0.399 e. The zero-order chi connectivity index (χ0) is 15.7. The van der Waals surface area contributed by atoms with Crippen LogP contribution in [0.25, 0.3) is 10.9 Å². The van der Waals surface area contributed by atoms with Crippen molar-refractivity contribution in [3.05, 3.63) is 65.4 Å². The number of aromatic nitrogens is 1. The van der Waals surface area contributed by atoms with Crippen LogP contribution in [0.1, 0.15) is 21.5 Å². The Kier molecular flexibility index (Phi) is 3.56. The fourth-order valence-electron chi connectivity index (χ4n) is 2.68. The van der Waals surface area contributed by atoms with E-state index in [0.29, 0.717) is 5.56 Å². The van der Waals surface area contributed by atoms with Gasteiger partial charge in [0.15, 0.2) is 0 Å². The van der Waals surface area contributed by atoms with Crippen molar-refractivity contribution in [3.63, 3.8) is 0 Å². The number of hydroxylamine groups is 1. The number of benzene rings is 2. The second-order valence-corrected chi connectivity index (χ2v) is 5.36. The van der Waals surface area contributed by atoms with Gasteiger partial charge in [-0.05, 0) is 47.9 Å². The predicted molar refractivity (Wildman–Crippen MR) is 85.8 cm³/mol. The highest BCUT2D eigenvalue weighted by molar-refractivity contribution is 5.98. The summed E-state index contributed by atoms with van der Waals surface area (Å²) in [5.41, 5.74) is 11.9. The molecule has 0 saturated heterocycles. The van der Waals surface area contributed by atoms with E-state index in [9.17, 15) is 4.79 Å². The Morgan fingerprint density at radius 3 is 2.64 bits per heavy atom. The van der Waals surface area contributed by atoms with Crippen LogP contribution in [-0.4, -0.2) is 15.7 Å². The summed E-state index contributed by atoms with van der Waals surface area (Å²) in [6.45, 7) is 0. The Bertz CT molecular complexity index is 835. The number of hydrogen-bond donors (Lipinski definition) is 3. The number of anilines is 1. The third-order valence-electron chi connectivity index (χ3n) is 3.81. The molecule has 0 saturated carbocycles. The number of fused-ring (bicyclic) bond motifs is 1. The number of hydrogen-bond acceptors (Lipinski definition) is 3. The van der Waals surface area contributed by atoms with E-state index in [2.05, 4.69) is 6.20 Å². The van der Waals surface area contributed by atoms with E-state index in [0.717, 1.165) is 34.1 Å². The van der Waals surface area contributed by atoms with Crippen molar-refractivity contribution in [3.8, 4) is 0 Å². The highest BCUT2D eigenvalue weighted by Crippen LogP contribution is 2.24. The summed E-state index contributed by atoms with van der Waals surface area (Å²) in [6.07, 6.45) is 2.81. The Hall–Kier alpha value is -2.79. The lowest BCUT2D eigenvalue weighted by Gasteiger charge is -2.03. The first-order valence-corrected chi connectivity index (χ1v) is 6.95. The van der Waals surface area contributed by atoms with Gasteiger partial charge in [0.25, 0.3) is 5.91 Å². The molecule has 5 heteroatoms. The summed E-state index contributed by atoms with van der Waals surface area (Å²) in [6, 6.07) is 13.1. The van der Waals surface area contributed by atoms with E-state index in [1.807, 2.05) is 41.9 Å². The maximum atomic E-state index is 11.6. The number of nitrogens with zero attached hydrogens (tertiary/aromatic N) is 1. The topological polar surface area (TPSA) is 80.3 Å². The lowest BCUT2D eigenvalue weighted by Crippen LogP contribution is -2.18. The van der Waals surface area contributed by atoms with Crippen LogP contribution >= 0.6 is 0 Å². The Labute approximate surface area is 127 Å².